The third-order valence-electron chi connectivity index (χ3n) is 3.57. The summed E-state index contributed by atoms with van der Waals surface area (Å²) in [6, 6.07) is 13.1. The molecule has 0 aliphatic rings. The third kappa shape index (κ3) is 2.65. The van der Waals surface area contributed by atoms with E-state index in [0.717, 1.165) is 27.1 Å². The highest BCUT2D eigenvalue weighted by Crippen LogP contribution is 2.23. The lowest BCUT2D eigenvalue weighted by molar-refractivity contribution is 0.0697. The van der Waals surface area contributed by atoms with Crippen molar-refractivity contribution in [3.8, 4) is 0 Å². The molecule has 0 radical (unpaired) electrons. The van der Waals surface area contributed by atoms with Gasteiger partial charge in [0.2, 0.25) is 0 Å². The Morgan fingerprint density at radius 3 is 2.71 bits per heavy atom. The molecule has 106 valence electrons. The summed E-state index contributed by atoms with van der Waals surface area (Å²) in [6.45, 7) is 2.67. The average molecular weight is 300 g/mol. The lowest BCUT2D eigenvalue weighted by Gasteiger charge is -2.08. The number of benzene rings is 2. The number of rotatable bonds is 3. The fraction of sp³-hybridized carbons (Fsp3) is 0.118. The van der Waals surface area contributed by atoms with Crippen molar-refractivity contribution in [1.82, 2.24) is 4.57 Å². The highest BCUT2D eigenvalue weighted by Gasteiger charge is 2.08. The number of halogens is 1. The molecule has 0 bridgehead atoms. The SMILES string of the molecule is Cc1ccc(Cn2ccc3cc(C(=O)O)ccc32)c(Cl)c1. The predicted molar refractivity (Wildman–Crippen MR) is 84.2 cm³/mol. The summed E-state index contributed by atoms with van der Waals surface area (Å²) in [4.78, 5) is 11.0. The van der Waals surface area contributed by atoms with Crippen LogP contribution < -0.4 is 0 Å². The number of carboxylic acid groups (broad SMARTS) is 1. The predicted octanol–water partition coefficient (Wildman–Crippen LogP) is 4.35. The van der Waals surface area contributed by atoms with E-state index in [1.165, 1.54) is 0 Å². The van der Waals surface area contributed by atoms with E-state index in [1.807, 2.05) is 43.5 Å². The number of carbonyl (C=O) groups is 1. The van der Waals surface area contributed by atoms with E-state index < -0.39 is 5.97 Å². The van der Waals surface area contributed by atoms with Gasteiger partial charge in [-0.05, 0) is 48.4 Å². The van der Waals surface area contributed by atoms with Crippen LogP contribution in [0.4, 0.5) is 0 Å². The van der Waals surface area contributed by atoms with Crippen LogP contribution in [0, 0.1) is 6.92 Å². The van der Waals surface area contributed by atoms with Crippen LogP contribution >= 0.6 is 11.6 Å². The molecule has 4 heteroatoms. The molecule has 0 fully saturated rings. The topological polar surface area (TPSA) is 42.2 Å². The zero-order valence-corrected chi connectivity index (χ0v) is 12.3. The van der Waals surface area contributed by atoms with Crippen molar-refractivity contribution in [3.05, 3.63) is 70.4 Å². The summed E-state index contributed by atoms with van der Waals surface area (Å²) in [5.41, 5.74) is 3.47. The largest absolute Gasteiger partial charge is 0.478 e. The number of carboxylic acids is 1. The molecule has 0 aliphatic heterocycles. The number of aryl methyl sites for hydroxylation is 1. The lowest BCUT2D eigenvalue weighted by atomic mass is 10.1. The van der Waals surface area contributed by atoms with E-state index in [9.17, 15) is 4.79 Å². The van der Waals surface area contributed by atoms with Gasteiger partial charge in [-0.25, -0.2) is 4.79 Å². The minimum Gasteiger partial charge on any atom is -0.478 e. The van der Waals surface area contributed by atoms with Gasteiger partial charge in [0.1, 0.15) is 0 Å². The summed E-state index contributed by atoms with van der Waals surface area (Å²) >= 11 is 6.27. The number of hydrogen-bond donors (Lipinski definition) is 1. The highest BCUT2D eigenvalue weighted by atomic mass is 35.5. The molecule has 1 N–H and O–H groups in total. The molecule has 3 nitrogen and oxygen atoms in total. The Morgan fingerprint density at radius 1 is 1.19 bits per heavy atom. The van der Waals surface area contributed by atoms with E-state index >= 15 is 0 Å². The van der Waals surface area contributed by atoms with Gasteiger partial charge in [0.15, 0.2) is 0 Å². The van der Waals surface area contributed by atoms with E-state index in [-0.39, 0.29) is 0 Å². The molecule has 0 amide bonds. The Balaban J connectivity index is 1.99. The summed E-state index contributed by atoms with van der Waals surface area (Å²) < 4.78 is 2.07. The van der Waals surface area contributed by atoms with Crippen molar-refractivity contribution < 1.29 is 9.90 Å². The van der Waals surface area contributed by atoms with Gasteiger partial charge < -0.3 is 9.67 Å². The van der Waals surface area contributed by atoms with Gasteiger partial charge >= 0.3 is 5.97 Å². The van der Waals surface area contributed by atoms with Gasteiger partial charge in [-0.15, -0.1) is 0 Å². The monoisotopic (exact) mass is 299 g/mol. The van der Waals surface area contributed by atoms with Gasteiger partial charge in [0.05, 0.1) is 5.56 Å². The molecule has 21 heavy (non-hydrogen) atoms. The minimum atomic E-state index is -0.911. The molecular formula is C17H14ClNO2. The van der Waals surface area contributed by atoms with Gasteiger partial charge in [-0.2, -0.15) is 0 Å². The van der Waals surface area contributed by atoms with Crippen LogP contribution in [0.25, 0.3) is 10.9 Å². The van der Waals surface area contributed by atoms with Crippen LogP contribution in [0.5, 0.6) is 0 Å². The quantitative estimate of drug-likeness (QED) is 0.781. The zero-order chi connectivity index (χ0) is 15.0. The maximum Gasteiger partial charge on any atom is 0.335 e. The first-order valence-electron chi connectivity index (χ1n) is 6.62. The second kappa shape index (κ2) is 5.26. The zero-order valence-electron chi connectivity index (χ0n) is 11.5. The highest BCUT2D eigenvalue weighted by molar-refractivity contribution is 6.31. The van der Waals surface area contributed by atoms with E-state index in [0.29, 0.717) is 12.1 Å². The second-order valence-electron chi connectivity index (χ2n) is 5.12. The molecule has 2 aromatic carbocycles. The van der Waals surface area contributed by atoms with Crippen LogP contribution in [0.3, 0.4) is 0 Å². The molecule has 0 unspecified atom stereocenters. The van der Waals surface area contributed by atoms with Crippen LogP contribution in [-0.2, 0) is 6.54 Å². The van der Waals surface area contributed by atoms with Crippen LogP contribution in [-0.4, -0.2) is 15.6 Å². The van der Waals surface area contributed by atoms with E-state index in [4.69, 9.17) is 16.7 Å². The number of fused-ring (bicyclic) bond motifs is 1. The molecule has 0 spiro atoms. The van der Waals surface area contributed by atoms with Crippen molar-refractivity contribution in [2.75, 3.05) is 0 Å². The molecule has 3 rings (SSSR count). The first-order valence-corrected chi connectivity index (χ1v) is 6.99. The third-order valence-corrected chi connectivity index (χ3v) is 3.92. The first kappa shape index (κ1) is 13.7. The number of aromatic nitrogens is 1. The molecule has 0 saturated carbocycles. The fourth-order valence-corrected chi connectivity index (χ4v) is 2.73. The van der Waals surface area contributed by atoms with E-state index in [1.54, 1.807) is 12.1 Å². The summed E-state index contributed by atoms with van der Waals surface area (Å²) in [5, 5.41) is 10.7. The van der Waals surface area contributed by atoms with Crippen molar-refractivity contribution in [1.29, 1.82) is 0 Å². The molecule has 3 aromatic rings. The number of hydrogen-bond acceptors (Lipinski definition) is 1. The van der Waals surface area contributed by atoms with Crippen LogP contribution in [0.15, 0.2) is 48.7 Å². The smallest absolute Gasteiger partial charge is 0.335 e. The van der Waals surface area contributed by atoms with Gasteiger partial charge in [-0.1, -0.05) is 23.7 Å². The van der Waals surface area contributed by atoms with Crippen molar-refractivity contribution >= 4 is 28.5 Å². The van der Waals surface area contributed by atoms with Crippen LogP contribution in [0.1, 0.15) is 21.5 Å². The molecule has 1 aromatic heterocycles. The molecular weight excluding hydrogens is 286 g/mol. The molecule has 0 saturated heterocycles. The fourth-order valence-electron chi connectivity index (χ4n) is 2.44. The number of aromatic carboxylic acids is 1. The molecule has 0 atom stereocenters. The summed E-state index contributed by atoms with van der Waals surface area (Å²) in [5.74, 6) is -0.911. The summed E-state index contributed by atoms with van der Waals surface area (Å²) in [6.07, 6.45) is 1.95. The van der Waals surface area contributed by atoms with Crippen molar-refractivity contribution in [2.24, 2.45) is 0 Å². The summed E-state index contributed by atoms with van der Waals surface area (Å²) in [7, 11) is 0. The Labute approximate surface area is 127 Å². The van der Waals surface area contributed by atoms with Crippen molar-refractivity contribution in [3.63, 3.8) is 0 Å². The maximum absolute atomic E-state index is 11.0. The van der Waals surface area contributed by atoms with Gasteiger partial charge in [0.25, 0.3) is 0 Å². The van der Waals surface area contributed by atoms with Gasteiger partial charge in [0, 0.05) is 28.7 Å². The van der Waals surface area contributed by atoms with Gasteiger partial charge in [-0.3, -0.25) is 0 Å². The lowest BCUT2D eigenvalue weighted by Crippen LogP contribution is -2.00. The average Bonchev–Trinajstić information content (AvgIpc) is 2.84. The molecule has 0 aliphatic carbocycles. The second-order valence-corrected chi connectivity index (χ2v) is 5.52. The Kier molecular flexibility index (Phi) is 3.43. The standard InChI is InChI=1S/C17H14ClNO2/c1-11-2-3-14(15(18)8-11)10-19-7-6-12-9-13(17(20)21)4-5-16(12)19/h2-9H,10H2,1H3,(H,20,21). The van der Waals surface area contributed by atoms with Crippen molar-refractivity contribution in [2.45, 2.75) is 13.5 Å². The minimum absolute atomic E-state index is 0.300. The Bertz CT molecular complexity index is 836. The normalized spacial score (nSPS) is 11.0. The first-order chi connectivity index (χ1) is 10.0. The Morgan fingerprint density at radius 2 is 2.00 bits per heavy atom. The number of nitrogens with zero attached hydrogens (tertiary/aromatic N) is 1. The molecule has 1 heterocycles. The van der Waals surface area contributed by atoms with E-state index in [2.05, 4.69) is 4.57 Å². The Hall–Kier alpha value is -2.26. The maximum atomic E-state index is 11.0. The van der Waals surface area contributed by atoms with Crippen LogP contribution in [0.2, 0.25) is 5.02 Å².